The number of rotatable bonds is 3. The first kappa shape index (κ1) is 12.7. The van der Waals surface area contributed by atoms with E-state index in [-0.39, 0.29) is 5.91 Å². The van der Waals surface area contributed by atoms with Gasteiger partial charge in [-0.05, 0) is 12.1 Å². The molecular formula is C13H14N2O5. The van der Waals surface area contributed by atoms with Gasteiger partial charge in [0.25, 0.3) is 0 Å². The lowest BCUT2D eigenvalue weighted by molar-refractivity contribution is -0.497. The van der Waals surface area contributed by atoms with E-state index in [2.05, 4.69) is 5.32 Å². The van der Waals surface area contributed by atoms with Crippen molar-refractivity contribution in [2.45, 2.75) is 18.9 Å². The standard InChI is InChI=1S/C13H14N2O5/c16-13(9-7-10(9)15(17)18)14-8-2-3-11-12(6-8)20-5-1-4-19-11/h2-3,6,9-10H,1,4-5,7H2,(H,14,16)/t9-,10-/m1/s1. The van der Waals surface area contributed by atoms with Crippen molar-refractivity contribution in [3.63, 3.8) is 0 Å². The van der Waals surface area contributed by atoms with E-state index in [4.69, 9.17) is 9.47 Å². The van der Waals surface area contributed by atoms with Crippen molar-refractivity contribution in [3.8, 4) is 11.5 Å². The fraction of sp³-hybridized carbons (Fsp3) is 0.462. The number of ether oxygens (including phenoxy) is 2. The normalized spacial score (nSPS) is 23.6. The molecule has 2 atom stereocenters. The molecule has 2 aliphatic rings. The topological polar surface area (TPSA) is 90.7 Å². The Labute approximate surface area is 115 Å². The average Bonchev–Trinajstić information content (AvgIpc) is 3.22. The molecule has 0 aromatic heterocycles. The Kier molecular flexibility index (Phi) is 3.17. The molecule has 1 N–H and O–H groups in total. The molecule has 1 fully saturated rings. The van der Waals surface area contributed by atoms with Gasteiger partial charge in [0, 0.05) is 29.5 Å². The van der Waals surface area contributed by atoms with Crippen LogP contribution in [0.5, 0.6) is 11.5 Å². The van der Waals surface area contributed by atoms with Crippen molar-refractivity contribution in [3.05, 3.63) is 28.3 Å². The molecule has 0 radical (unpaired) electrons. The number of hydrogen-bond acceptors (Lipinski definition) is 5. The lowest BCUT2D eigenvalue weighted by Crippen LogP contribution is -2.18. The first-order chi connectivity index (χ1) is 9.65. The number of hydrogen-bond donors (Lipinski definition) is 1. The molecule has 1 aliphatic heterocycles. The summed E-state index contributed by atoms with van der Waals surface area (Å²) < 4.78 is 11.0. The Morgan fingerprint density at radius 3 is 2.75 bits per heavy atom. The van der Waals surface area contributed by atoms with Crippen LogP contribution in [0.3, 0.4) is 0 Å². The summed E-state index contributed by atoms with van der Waals surface area (Å²) in [5.74, 6) is 0.388. The minimum Gasteiger partial charge on any atom is -0.490 e. The molecule has 0 saturated heterocycles. The van der Waals surface area contributed by atoms with Crippen LogP contribution in [0.2, 0.25) is 0 Å². The van der Waals surface area contributed by atoms with E-state index in [0.29, 0.717) is 36.8 Å². The third-order valence-corrected chi connectivity index (χ3v) is 3.38. The summed E-state index contributed by atoms with van der Waals surface area (Å²) in [6, 6.07) is 4.38. The van der Waals surface area contributed by atoms with Crippen molar-refractivity contribution in [2.75, 3.05) is 18.5 Å². The Morgan fingerprint density at radius 2 is 2.05 bits per heavy atom. The molecule has 1 aliphatic carbocycles. The Hall–Kier alpha value is -2.31. The van der Waals surface area contributed by atoms with E-state index in [1.54, 1.807) is 18.2 Å². The predicted octanol–water partition coefficient (Wildman–Crippen LogP) is 1.45. The van der Waals surface area contributed by atoms with Crippen molar-refractivity contribution >= 4 is 11.6 Å². The lowest BCUT2D eigenvalue weighted by atomic mass is 10.2. The van der Waals surface area contributed by atoms with Gasteiger partial charge in [0.2, 0.25) is 11.9 Å². The maximum atomic E-state index is 11.8. The zero-order valence-corrected chi connectivity index (χ0v) is 10.7. The van der Waals surface area contributed by atoms with Crippen LogP contribution in [0.25, 0.3) is 0 Å². The van der Waals surface area contributed by atoms with Gasteiger partial charge in [-0.3, -0.25) is 14.9 Å². The number of fused-ring (bicyclic) bond motifs is 1. The maximum absolute atomic E-state index is 11.8. The van der Waals surface area contributed by atoms with E-state index >= 15 is 0 Å². The van der Waals surface area contributed by atoms with Crippen LogP contribution >= 0.6 is 0 Å². The summed E-state index contributed by atoms with van der Waals surface area (Å²) in [6.07, 6.45) is 1.12. The van der Waals surface area contributed by atoms with E-state index < -0.39 is 16.9 Å². The van der Waals surface area contributed by atoms with Gasteiger partial charge in [0.15, 0.2) is 11.5 Å². The van der Waals surface area contributed by atoms with Gasteiger partial charge in [-0.15, -0.1) is 0 Å². The summed E-state index contributed by atoms with van der Waals surface area (Å²) in [7, 11) is 0. The van der Waals surface area contributed by atoms with Gasteiger partial charge in [-0.2, -0.15) is 0 Å². The predicted molar refractivity (Wildman–Crippen MR) is 69.6 cm³/mol. The molecule has 1 heterocycles. The van der Waals surface area contributed by atoms with Gasteiger partial charge >= 0.3 is 0 Å². The second-order valence-corrected chi connectivity index (χ2v) is 4.90. The highest BCUT2D eigenvalue weighted by Gasteiger charge is 2.53. The van der Waals surface area contributed by atoms with Gasteiger partial charge < -0.3 is 14.8 Å². The zero-order valence-electron chi connectivity index (χ0n) is 10.7. The van der Waals surface area contributed by atoms with Crippen LogP contribution in [-0.2, 0) is 4.79 Å². The minimum atomic E-state index is -0.740. The molecule has 3 rings (SSSR count). The summed E-state index contributed by atoms with van der Waals surface area (Å²) in [5.41, 5.74) is 0.563. The van der Waals surface area contributed by atoms with Gasteiger partial charge in [-0.25, -0.2) is 0 Å². The molecule has 0 unspecified atom stereocenters. The second kappa shape index (κ2) is 4.99. The van der Waals surface area contributed by atoms with Crippen molar-refractivity contribution < 1.29 is 19.2 Å². The Balaban J connectivity index is 1.68. The Bertz CT molecular complexity index is 560. The number of carbonyl (C=O) groups is 1. The first-order valence-electron chi connectivity index (χ1n) is 6.49. The van der Waals surface area contributed by atoms with Crippen LogP contribution < -0.4 is 14.8 Å². The summed E-state index contributed by atoms with van der Waals surface area (Å²) in [5, 5.41) is 13.2. The quantitative estimate of drug-likeness (QED) is 0.667. The molecule has 7 heteroatoms. The van der Waals surface area contributed by atoms with Crippen molar-refractivity contribution in [1.82, 2.24) is 0 Å². The van der Waals surface area contributed by atoms with Crippen LogP contribution in [0.1, 0.15) is 12.8 Å². The molecule has 1 amide bonds. The SMILES string of the molecule is O=C(Nc1ccc2c(c1)OCCCO2)[C@@H]1C[C@H]1[N+](=O)[O-]. The first-order valence-corrected chi connectivity index (χ1v) is 6.49. The number of amides is 1. The maximum Gasteiger partial charge on any atom is 0.234 e. The highest BCUT2D eigenvalue weighted by molar-refractivity contribution is 5.95. The zero-order chi connectivity index (χ0) is 14.1. The summed E-state index contributed by atoms with van der Waals surface area (Å²) in [4.78, 5) is 22.0. The number of anilines is 1. The van der Waals surface area contributed by atoms with Crippen molar-refractivity contribution in [1.29, 1.82) is 0 Å². The number of carbonyl (C=O) groups excluding carboxylic acids is 1. The van der Waals surface area contributed by atoms with E-state index in [0.717, 1.165) is 6.42 Å². The van der Waals surface area contributed by atoms with Crippen LogP contribution in [0.4, 0.5) is 5.69 Å². The molecule has 1 aromatic carbocycles. The third-order valence-electron chi connectivity index (χ3n) is 3.38. The van der Waals surface area contributed by atoms with Gasteiger partial charge in [0.1, 0.15) is 5.92 Å². The molecule has 106 valence electrons. The van der Waals surface area contributed by atoms with Gasteiger partial charge in [0.05, 0.1) is 13.2 Å². The molecule has 1 saturated carbocycles. The summed E-state index contributed by atoms with van der Waals surface area (Å²) >= 11 is 0. The van der Waals surface area contributed by atoms with Crippen LogP contribution in [0, 0.1) is 16.0 Å². The lowest BCUT2D eigenvalue weighted by Gasteiger charge is -2.10. The number of nitrogens with one attached hydrogen (secondary N) is 1. The fourth-order valence-corrected chi connectivity index (χ4v) is 2.17. The van der Waals surface area contributed by atoms with Gasteiger partial charge in [-0.1, -0.05) is 0 Å². The highest BCUT2D eigenvalue weighted by Crippen LogP contribution is 2.36. The molecule has 0 bridgehead atoms. The molecule has 7 nitrogen and oxygen atoms in total. The smallest absolute Gasteiger partial charge is 0.234 e. The largest absolute Gasteiger partial charge is 0.490 e. The van der Waals surface area contributed by atoms with Crippen LogP contribution in [-0.4, -0.2) is 30.1 Å². The molecule has 0 spiro atoms. The van der Waals surface area contributed by atoms with E-state index in [1.807, 2.05) is 0 Å². The fourth-order valence-electron chi connectivity index (χ4n) is 2.17. The molecular weight excluding hydrogens is 264 g/mol. The number of nitro groups is 1. The number of nitrogens with zero attached hydrogens (tertiary/aromatic N) is 1. The minimum absolute atomic E-state index is 0.309. The Morgan fingerprint density at radius 1 is 1.30 bits per heavy atom. The van der Waals surface area contributed by atoms with E-state index in [9.17, 15) is 14.9 Å². The second-order valence-electron chi connectivity index (χ2n) is 4.90. The van der Waals surface area contributed by atoms with Crippen molar-refractivity contribution in [2.24, 2.45) is 5.92 Å². The molecule has 20 heavy (non-hydrogen) atoms. The van der Waals surface area contributed by atoms with Crippen LogP contribution in [0.15, 0.2) is 18.2 Å². The highest BCUT2D eigenvalue weighted by atomic mass is 16.6. The van der Waals surface area contributed by atoms with E-state index in [1.165, 1.54) is 0 Å². The summed E-state index contributed by atoms with van der Waals surface area (Å²) in [6.45, 7) is 1.17. The third kappa shape index (κ3) is 2.52. The number of benzene rings is 1. The monoisotopic (exact) mass is 278 g/mol. The average molecular weight is 278 g/mol. The molecule has 1 aromatic rings.